The van der Waals surface area contributed by atoms with Crippen molar-refractivity contribution in [1.82, 2.24) is 4.90 Å². The van der Waals surface area contributed by atoms with E-state index in [0.717, 1.165) is 0 Å². The molecule has 24 heavy (non-hydrogen) atoms. The fourth-order valence-corrected chi connectivity index (χ4v) is 3.09. The predicted octanol–water partition coefficient (Wildman–Crippen LogP) is 2.33. The van der Waals surface area contributed by atoms with Crippen LogP contribution >= 0.6 is 11.6 Å². The fraction of sp³-hybridized carbons (Fsp3) is 0.0588. The maximum absolute atomic E-state index is 12.8. The van der Waals surface area contributed by atoms with Crippen LogP contribution in [-0.2, 0) is 4.79 Å². The molecule has 3 rings (SSSR count). The van der Waals surface area contributed by atoms with Crippen LogP contribution in [-0.4, -0.2) is 48.3 Å². The van der Waals surface area contributed by atoms with Crippen LogP contribution < -0.4 is 4.90 Å². The maximum atomic E-state index is 12.8. The molecular formula is C17H13ClN2O3Se. The summed E-state index contributed by atoms with van der Waals surface area (Å²) in [6, 6.07) is 11.4. The van der Waals surface area contributed by atoms with Crippen LogP contribution in [0.4, 0.5) is 5.69 Å². The molecule has 0 aromatic heterocycles. The number of nitrogens with zero attached hydrogens (tertiary/aromatic N) is 2. The zero-order chi connectivity index (χ0) is 17.4. The molecule has 0 bridgehead atoms. The third-order valence-corrected chi connectivity index (χ3v) is 4.86. The minimum absolute atomic E-state index is 0.206. The SMILES string of the molecule is CN1C(=[Se])N(c2ccc(Cl)cc2)C(=O)C1=Cc1ccc(O)c(O)c1. The third-order valence-electron chi connectivity index (χ3n) is 3.65. The molecule has 0 spiro atoms. The van der Waals surface area contributed by atoms with Crippen molar-refractivity contribution in [3.05, 3.63) is 58.7 Å². The Morgan fingerprint density at radius 3 is 2.38 bits per heavy atom. The summed E-state index contributed by atoms with van der Waals surface area (Å²) in [5, 5.41) is 19.6. The Kier molecular flexibility index (Phi) is 4.37. The van der Waals surface area contributed by atoms with E-state index in [1.165, 1.54) is 12.1 Å². The first-order valence-electron chi connectivity index (χ1n) is 7.00. The Morgan fingerprint density at radius 1 is 1.08 bits per heavy atom. The predicted molar refractivity (Wildman–Crippen MR) is 95.2 cm³/mol. The molecule has 2 aromatic rings. The van der Waals surface area contributed by atoms with Gasteiger partial charge in [0.1, 0.15) is 0 Å². The fourth-order valence-electron chi connectivity index (χ4n) is 2.36. The van der Waals surface area contributed by atoms with Gasteiger partial charge in [0.25, 0.3) is 0 Å². The summed E-state index contributed by atoms with van der Waals surface area (Å²) < 4.78 is 0.636. The van der Waals surface area contributed by atoms with Gasteiger partial charge in [0, 0.05) is 0 Å². The number of carbonyl (C=O) groups is 1. The van der Waals surface area contributed by atoms with Gasteiger partial charge in [-0.1, -0.05) is 0 Å². The molecule has 7 heteroatoms. The first-order valence-corrected chi connectivity index (χ1v) is 8.23. The second-order valence-corrected chi connectivity index (χ2v) is 6.44. The average molecular weight is 408 g/mol. The normalized spacial score (nSPS) is 16.3. The van der Waals surface area contributed by atoms with Gasteiger partial charge in [0.15, 0.2) is 0 Å². The van der Waals surface area contributed by atoms with Gasteiger partial charge in [-0.05, 0) is 0 Å². The van der Waals surface area contributed by atoms with Gasteiger partial charge in [-0.3, -0.25) is 0 Å². The molecule has 0 aliphatic carbocycles. The molecule has 0 unspecified atom stereocenters. The molecule has 2 aromatic carbocycles. The van der Waals surface area contributed by atoms with E-state index in [4.69, 9.17) is 11.6 Å². The summed E-state index contributed by atoms with van der Waals surface area (Å²) in [5.41, 5.74) is 1.73. The molecule has 122 valence electrons. The Morgan fingerprint density at radius 2 is 1.75 bits per heavy atom. The third kappa shape index (κ3) is 2.91. The molecule has 0 radical (unpaired) electrons. The number of halogens is 1. The molecular weight excluding hydrogens is 395 g/mol. The van der Waals surface area contributed by atoms with E-state index in [0.29, 0.717) is 26.6 Å². The number of rotatable bonds is 2. The zero-order valence-corrected chi connectivity index (χ0v) is 15.1. The number of phenolic OH excluding ortho intramolecular Hbond substituents is 2. The summed E-state index contributed by atoms with van der Waals surface area (Å²) in [7, 11) is 1.77. The van der Waals surface area contributed by atoms with Gasteiger partial charge in [-0.25, -0.2) is 0 Å². The van der Waals surface area contributed by atoms with Crippen LogP contribution in [0.25, 0.3) is 6.08 Å². The molecule has 1 heterocycles. The van der Waals surface area contributed by atoms with Crippen molar-refractivity contribution >= 4 is 49.5 Å². The van der Waals surface area contributed by atoms with Crippen molar-refractivity contribution in [2.75, 3.05) is 11.9 Å². The molecule has 1 aliphatic heterocycles. The summed E-state index contributed by atoms with van der Waals surface area (Å²) in [4.78, 5) is 16.1. The van der Waals surface area contributed by atoms with Gasteiger partial charge < -0.3 is 0 Å². The van der Waals surface area contributed by atoms with Gasteiger partial charge in [-0.15, -0.1) is 0 Å². The van der Waals surface area contributed by atoms with E-state index in [-0.39, 0.29) is 17.4 Å². The van der Waals surface area contributed by atoms with Crippen LogP contribution in [0, 0.1) is 0 Å². The standard InChI is InChI=1S/C17H13ClN2O3Se/c1-19-13(8-10-2-7-14(21)15(22)9-10)16(23)20(17(19)24)12-5-3-11(18)4-6-12/h2-9,21-22H,1H3. The van der Waals surface area contributed by atoms with Crippen molar-refractivity contribution in [1.29, 1.82) is 0 Å². The van der Waals surface area contributed by atoms with Crippen LogP contribution in [0.1, 0.15) is 5.56 Å². The van der Waals surface area contributed by atoms with E-state index in [1.807, 2.05) is 0 Å². The Bertz CT molecular complexity index is 865. The van der Waals surface area contributed by atoms with Crippen LogP contribution in [0.2, 0.25) is 5.02 Å². The number of aromatic hydroxyl groups is 2. The average Bonchev–Trinajstić information content (AvgIpc) is 2.76. The van der Waals surface area contributed by atoms with Gasteiger partial charge in [0.05, 0.1) is 0 Å². The number of anilines is 1. The van der Waals surface area contributed by atoms with E-state index in [2.05, 4.69) is 15.6 Å². The number of carbonyl (C=O) groups excluding carboxylic acids is 1. The summed E-state index contributed by atoms with van der Waals surface area (Å²) in [6.45, 7) is 0. The molecule has 2 N–H and O–H groups in total. The van der Waals surface area contributed by atoms with E-state index in [9.17, 15) is 15.0 Å². The number of phenols is 2. The van der Waals surface area contributed by atoms with Crippen LogP contribution in [0.5, 0.6) is 11.5 Å². The monoisotopic (exact) mass is 408 g/mol. The molecule has 0 saturated carbocycles. The van der Waals surface area contributed by atoms with Crippen molar-refractivity contribution in [2.45, 2.75) is 0 Å². The van der Waals surface area contributed by atoms with Crippen molar-refractivity contribution in [3.63, 3.8) is 0 Å². The molecule has 5 nitrogen and oxygen atoms in total. The van der Waals surface area contributed by atoms with Crippen molar-refractivity contribution in [3.8, 4) is 11.5 Å². The zero-order valence-electron chi connectivity index (χ0n) is 12.6. The second-order valence-electron chi connectivity index (χ2n) is 5.24. The van der Waals surface area contributed by atoms with Gasteiger partial charge in [0.2, 0.25) is 0 Å². The molecule has 1 saturated heterocycles. The molecule has 1 fully saturated rings. The van der Waals surface area contributed by atoms with Crippen LogP contribution in [0.15, 0.2) is 48.2 Å². The Hall–Kier alpha value is -2.27. The van der Waals surface area contributed by atoms with Gasteiger partial charge in [-0.2, -0.15) is 0 Å². The van der Waals surface area contributed by atoms with Crippen molar-refractivity contribution in [2.24, 2.45) is 0 Å². The quantitative estimate of drug-likeness (QED) is 0.456. The van der Waals surface area contributed by atoms with Gasteiger partial charge >= 0.3 is 152 Å². The first-order chi connectivity index (χ1) is 11.4. The molecule has 1 aliphatic rings. The van der Waals surface area contributed by atoms with E-state index >= 15 is 0 Å². The van der Waals surface area contributed by atoms with E-state index < -0.39 is 0 Å². The number of amides is 1. The summed E-state index contributed by atoms with van der Waals surface area (Å²) in [6.07, 6.45) is 1.65. The number of likely N-dealkylation sites (N-methyl/N-ethyl adjacent to an activating group) is 1. The topological polar surface area (TPSA) is 64.0 Å². The number of hydrogen-bond acceptors (Lipinski definition) is 4. The summed E-state index contributed by atoms with van der Waals surface area (Å²) >= 11 is 8.80. The molecule has 1 amide bonds. The summed E-state index contributed by atoms with van der Waals surface area (Å²) in [5.74, 6) is -0.650. The molecule has 0 atom stereocenters. The number of benzene rings is 2. The Balaban J connectivity index is 1.99. The first kappa shape index (κ1) is 16.6. The van der Waals surface area contributed by atoms with E-state index in [1.54, 1.807) is 53.3 Å². The second kappa shape index (κ2) is 6.32. The Labute approximate surface area is 151 Å². The number of hydrogen-bond donors (Lipinski definition) is 2. The van der Waals surface area contributed by atoms with Crippen molar-refractivity contribution < 1.29 is 15.0 Å². The minimum atomic E-state index is -0.237. The van der Waals surface area contributed by atoms with Crippen LogP contribution in [0.3, 0.4) is 0 Å².